The predicted octanol–water partition coefficient (Wildman–Crippen LogP) is 4.35. The van der Waals surface area contributed by atoms with Gasteiger partial charge in [0.05, 0.1) is 12.7 Å². The minimum Gasteiger partial charge on any atom is -0.394 e. The highest BCUT2D eigenvalue weighted by Crippen LogP contribution is 2.63. The van der Waals surface area contributed by atoms with Crippen molar-refractivity contribution in [2.45, 2.75) is 146 Å². The van der Waals surface area contributed by atoms with E-state index in [0.717, 1.165) is 57.9 Å². The van der Waals surface area contributed by atoms with Gasteiger partial charge in [0.25, 0.3) is 0 Å². The fraction of sp³-hybridized carbons (Fsp3) is 0.969. The van der Waals surface area contributed by atoms with Crippen LogP contribution >= 0.6 is 0 Å². The number of carbonyl (C=O) groups excluding carboxylic acids is 1. The van der Waals surface area contributed by atoms with Gasteiger partial charge in [-0.25, -0.2) is 4.39 Å². The van der Waals surface area contributed by atoms with E-state index in [0.29, 0.717) is 29.6 Å². The average Bonchev–Trinajstić information content (AvgIpc) is 2.97. The Morgan fingerprint density at radius 1 is 0.950 bits per heavy atom. The van der Waals surface area contributed by atoms with Crippen LogP contribution in [0.25, 0.3) is 0 Å². The number of ether oxygens (including phenoxy) is 2. The highest BCUT2D eigenvalue weighted by atomic mass is 19.1. The number of likely N-dealkylation sites (tertiary alicyclic amines) is 1. The Kier molecular flexibility index (Phi) is 8.32. The Morgan fingerprint density at radius 2 is 1.73 bits per heavy atom. The number of carbonyl (C=O) groups is 1. The normalized spacial score (nSPS) is 50.0. The van der Waals surface area contributed by atoms with Crippen molar-refractivity contribution in [2.24, 2.45) is 35.0 Å². The van der Waals surface area contributed by atoms with Crippen LogP contribution in [0.1, 0.15) is 104 Å². The molecule has 0 aromatic heterocycles. The number of hydrogen-bond donors (Lipinski definition) is 3. The van der Waals surface area contributed by atoms with Gasteiger partial charge >= 0.3 is 0 Å². The molecule has 1 amide bonds. The molecule has 6 rings (SSSR count). The molecular weight excluding hydrogens is 513 g/mol. The molecule has 7 nitrogen and oxygen atoms in total. The van der Waals surface area contributed by atoms with E-state index in [4.69, 9.17) is 9.47 Å². The van der Waals surface area contributed by atoms with E-state index in [2.05, 4.69) is 18.7 Å². The fourth-order valence-electron chi connectivity index (χ4n) is 10.5. The SMILES string of the molecule is C[C@]12CC[C@H](O[C@@H]3O[C@H](CO)[C@H](O)[C@H](O)[C@H]3F)CC1CC[C@H]1C3CCCN(C(=O)C4CCCCC4)[C@@]3(C)CC[C@@H]12. The molecule has 4 saturated carbocycles. The van der Waals surface area contributed by atoms with Crippen LogP contribution in [-0.4, -0.2) is 81.7 Å². The van der Waals surface area contributed by atoms with E-state index in [-0.39, 0.29) is 23.0 Å². The Bertz CT molecular complexity index is 914. The molecule has 3 N–H and O–H groups in total. The lowest BCUT2D eigenvalue weighted by molar-refractivity contribution is -0.303. The van der Waals surface area contributed by atoms with E-state index in [1.54, 1.807) is 0 Å². The molecule has 0 radical (unpaired) electrons. The van der Waals surface area contributed by atoms with Gasteiger partial charge in [-0.3, -0.25) is 4.79 Å². The molecule has 0 bridgehead atoms. The lowest BCUT2D eigenvalue weighted by Crippen LogP contribution is -2.65. The summed E-state index contributed by atoms with van der Waals surface area (Å²) in [6.07, 6.45) is 8.03. The molecule has 0 spiro atoms. The molecule has 12 atom stereocenters. The number of aliphatic hydroxyl groups is 3. The number of amides is 1. The van der Waals surface area contributed by atoms with E-state index in [9.17, 15) is 24.5 Å². The van der Waals surface area contributed by atoms with Crippen LogP contribution in [0.5, 0.6) is 0 Å². The highest BCUT2D eigenvalue weighted by molar-refractivity contribution is 5.80. The van der Waals surface area contributed by atoms with Gasteiger partial charge in [-0.05, 0) is 107 Å². The van der Waals surface area contributed by atoms with Crippen molar-refractivity contribution in [2.75, 3.05) is 13.2 Å². The third-order valence-electron chi connectivity index (χ3n) is 12.8. The average molecular weight is 566 g/mol. The summed E-state index contributed by atoms with van der Waals surface area (Å²) in [5.41, 5.74) is 0.201. The van der Waals surface area contributed by atoms with Crippen molar-refractivity contribution < 1.29 is 34.0 Å². The minimum atomic E-state index is -1.84. The smallest absolute Gasteiger partial charge is 0.226 e. The zero-order chi connectivity index (χ0) is 28.2. The number of halogens is 1. The van der Waals surface area contributed by atoms with Crippen molar-refractivity contribution in [3.8, 4) is 0 Å². The van der Waals surface area contributed by atoms with Gasteiger partial charge in [0.1, 0.15) is 18.3 Å². The van der Waals surface area contributed by atoms with Crippen molar-refractivity contribution in [3.63, 3.8) is 0 Å². The van der Waals surface area contributed by atoms with Gasteiger partial charge in [-0.15, -0.1) is 0 Å². The van der Waals surface area contributed by atoms with E-state index < -0.39 is 37.4 Å². The molecule has 2 saturated heterocycles. The molecule has 2 aliphatic heterocycles. The molecule has 6 fully saturated rings. The molecule has 40 heavy (non-hydrogen) atoms. The van der Waals surface area contributed by atoms with Crippen molar-refractivity contribution in [1.29, 1.82) is 0 Å². The summed E-state index contributed by atoms with van der Waals surface area (Å²) in [6, 6.07) is 0. The lowest BCUT2D eigenvalue weighted by atomic mass is 9.45. The molecule has 2 heterocycles. The van der Waals surface area contributed by atoms with Gasteiger partial charge in [0, 0.05) is 18.0 Å². The number of nitrogens with zero attached hydrogens (tertiary/aromatic N) is 1. The number of fused-ring (bicyclic) bond motifs is 5. The van der Waals surface area contributed by atoms with Gasteiger partial charge < -0.3 is 29.7 Å². The van der Waals surface area contributed by atoms with Crippen molar-refractivity contribution in [3.05, 3.63) is 0 Å². The molecular formula is C32H52FNO6. The van der Waals surface area contributed by atoms with Crippen LogP contribution in [0.15, 0.2) is 0 Å². The molecule has 0 aromatic rings. The lowest BCUT2D eigenvalue weighted by Gasteiger charge is -2.64. The maximum atomic E-state index is 14.8. The Hall–Kier alpha value is -0.800. The maximum Gasteiger partial charge on any atom is 0.226 e. The first-order valence-electron chi connectivity index (χ1n) is 16.4. The van der Waals surface area contributed by atoms with Crippen LogP contribution < -0.4 is 0 Å². The largest absolute Gasteiger partial charge is 0.394 e. The second-order valence-electron chi connectivity index (χ2n) is 14.7. The van der Waals surface area contributed by atoms with Crippen LogP contribution in [-0.2, 0) is 14.3 Å². The van der Waals surface area contributed by atoms with E-state index >= 15 is 0 Å². The molecule has 8 heteroatoms. The van der Waals surface area contributed by atoms with Gasteiger partial charge in [0.15, 0.2) is 12.5 Å². The number of piperidine rings is 1. The highest BCUT2D eigenvalue weighted by Gasteiger charge is 2.60. The molecule has 6 aliphatic rings. The Labute approximate surface area is 239 Å². The first-order valence-corrected chi connectivity index (χ1v) is 16.4. The monoisotopic (exact) mass is 565 g/mol. The zero-order valence-corrected chi connectivity index (χ0v) is 24.6. The summed E-state index contributed by atoms with van der Waals surface area (Å²) in [5, 5.41) is 29.6. The van der Waals surface area contributed by atoms with Crippen molar-refractivity contribution >= 4 is 5.91 Å². The fourth-order valence-corrected chi connectivity index (χ4v) is 10.5. The summed E-state index contributed by atoms with van der Waals surface area (Å²) in [7, 11) is 0. The number of aliphatic hydroxyl groups excluding tert-OH is 3. The maximum absolute atomic E-state index is 14.8. The van der Waals surface area contributed by atoms with Gasteiger partial charge in [-0.2, -0.15) is 0 Å². The third-order valence-corrected chi connectivity index (χ3v) is 12.8. The van der Waals surface area contributed by atoms with Gasteiger partial charge in [0.2, 0.25) is 5.91 Å². The molecule has 2 unspecified atom stereocenters. The first-order chi connectivity index (χ1) is 19.2. The van der Waals surface area contributed by atoms with Crippen LogP contribution in [0, 0.1) is 35.0 Å². The molecule has 0 aromatic carbocycles. The van der Waals surface area contributed by atoms with E-state index in [1.165, 1.54) is 38.5 Å². The molecule has 4 aliphatic carbocycles. The number of rotatable bonds is 4. The summed E-state index contributed by atoms with van der Waals surface area (Å²) in [4.78, 5) is 16.2. The predicted molar refractivity (Wildman–Crippen MR) is 148 cm³/mol. The Morgan fingerprint density at radius 3 is 2.48 bits per heavy atom. The van der Waals surface area contributed by atoms with Gasteiger partial charge in [-0.1, -0.05) is 26.2 Å². The zero-order valence-electron chi connectivity index (χ0n) is 24.6. The minimum absolute atomic E-state index is 0.0133. The number of alkyl halides is 1. The second kappa shape index (κ2) is 11.4. The quantitative estimate of drug-likeness (QED) is 0.439. The third kappa shape index (κ3) is 4.86. The number of hydrogen-bond acceptors (Lipinski definition) is 6. The van der Waals surface area contributed by atoms with E-state index in [1.807, 2.05) is 0 Å². The van der Waals surface area contributed by atoms with Crippen LogP contribution in [0.3, 0.4) is 0 Å². The summed E-state index contributed by atoms with van der Waals surface area (Å²) >= 11 is 0. The topological polar surface area (TPSA) is 99.5 Å². The summed E-state index contributed by atoms with van der Waals surface area (Å²) < 4.78 is 26.5. The first kappa shape index (κ1) is 29.3. The van der Waals surface area contributed by atoms with Crippen molar-refractivity contribution in [1.82, 2.24) is 4.90 Å². The van der Waals surface area contributed by atoms with Crippen LogP contribution in [0.4, 0.5) is 4.39 Å². The second-order valence-corrected chi connectivity index (χ2v) is 14.7. The summed E-state index contributed by atoms with van der Waals surface area (Å²) in [6.45, 7) is 5.33. The standard InChI is InChI=1S/C32H52FNO6/c1-31-14-12-21(39-30-26(33)28(37)27(36)25(18-35)40-30)17-20(31)10-11-22-23(31)13-15-32(2)24(22)9-6-16-34(32)29(38)19-7-4-3-5-8-19/h19-28,30,35-37H,3-18H2,1-2H3/t20?,21-,22+,23-,24?,25+,26+,27-,28+,30+,31-,32-/m0/s1. The Balaban J connectivity index is 1.12. The molecule has 228 valence electrons. The summed E-state index contributed by atoms with van der Waals surface area (Å²) in [5.74, 6) is 3.04. The van der Waals surface area contributed by atoms with Crippen LogP contribution in [0.2, 0.25) is 0 Å².